The highest BCUT2D eigenvalue weighted by Gasteiger charge is 2.05. The van der Waals surface area contributed by atoms with Crippen LogP contribution in [-0.2, 0) is 6.54 Å². The fraction of sp³-hybridized carbons (Fsp3) is 0.312. The molecule has 0 aliphatic carbocycles. The highest BCUT2D eigenvalue weighted by Crippen LogP contribution is 2.18. The summed E-state index contributed by atoms with van der Waals surface area (Å²) in [5, 5.41) is 4.59. The Morgan fingerprint density at radius 1 is 1.39 bits per heavy atom. The van der Waals surface area contributed by atoms with Crippen molar-refractivity contribution in [2.75, 3.05) is 0 Å². The van der Waals surface area contributed by atoms with Crippen LogP contribution in [0.3, 0.4) is 0 Å². The minimum absolute atomic E-state index is 0.136. The Morgan fingerprint density at radius 3 is 2.89 bits per heavy atom. The lowest BCUT2D eigenvalue weighted by Crippen LogP contribution is -2.26. The van der Waals surface area contributed by atoms with Crippen LogP contribution in [0, 0.1) is 19.3 Å². The van der Waals surface area contributed by atoms with Crippen molar-refractivity contribution in [3.8, 4) is 12.3 Å². The standard InChI is InChI=1S/C16H18N2/c1-4-14(5-2)17-11-13-10-12(3)18-16-9-7-6-8-15(13)16/h1,6-10,14,17H,5,11H2,2-3H3. The summed E-state index contributed by atoms with van der Waals surface area (Å²) in [6.45, 7) is 4.90. The second-order valence-electron chi connectivity index (χ2n) is 4.45. The molecule has 1 N–H and O–H groups in total. The predicted octanol–water partition coefficient (Wildman–Crippen LogP) is 3.04. The summed E-state index contributed by atoms with van der Waals surface area (Å²) in [7, 11) is 0. The minimum atomic E-state index is 0.136. The van der Waals surface area contributed by atoms with Gasteiger partial charge in [-0.05, 0) is 31.0 Å². The number of nitrogens with one attached hydrogen (secondary N) is 1. The van der Waals surface area contributed by atoms with Crippen LogP contribution in [0.4, 0.5) is 0 Å². The van der Waals surface area contributed by atoms with Crippen LogP contribution in [0.1, 0.15) is 24.6 Å². The molecule has 0 saturated heterocycles. The quantitative estimate of drug-likeness (QED) is 0.828. The first-order chi connectivity index (χ1) is 8.74. The molecular weight excluding hydrogens is 220 g/mol. The normalized spacial score (nSPS) is 12.3. The average Bonchev–Trinajstić information content (AvgIpc) is 2.39. The van der Waals surface area contributed by atoms with Crippen LogP contribution in [-0.4, -0.2) is 11.0 Å². The Balaban J connectivity index is 2.30. The van der Waals surface area contributed by atoms with E-state index in [1.165, 1.54) is 10.9 Å². The lowest BCUT2D eigenvalue weighted by atomic mass is 10.1. The van der Waals surface area contributed by atoms with Gasteiger partial charge in [0.25, 0.3) is 0 Å². The lowest BCUT2D eigenvalue weighted by molar-refractivity contribution is 0.594. The molecule has 0 aliphatic rings. The third kappa shape index (κ3) is 2.69. The highest BCUT2D eigenvalue weighted by molar-refractivity contribution is 5.82. The van der Waals surface area contributed by atoms with Gasteiger partial charge in [-0.3, -0.25) is 10.3 Å². The van der Waals surface area contributed by atoms with Crippen molar-refractivity contribution in [2.24, 2.45) is 0 Å². The summed E-state index contributed by atoms with van der Waals surface area (Å²) in [5.41, 5.74) is 3.34. The molecule has 1 atom stereocenters. The van der Waals surface area contributed by atoms with Gasteiger partial charge in [-0.25, -0.2) is 0 Å². The molecule has 0 radical (unpaired) electrons. The minimum Gasteiger partial charge on any atom is -0.300 e. The van der Waals surface area contributed by atoms with Crippen LogP contribution in [0.15, 0.2) is 30.3 Å². The van der Waals surface area contributed by atoms with Crippen LogP contribution in [0.2, 0.25) is 0 Å². The summed E-state index contributed by atoms with van der Waals surface area (Å²) in [6.07, 6.45) is 6.41. The van der Waals surface area contributed by atoms with E-state index in [1.807, 2.05) is 25.1 Å². The molecule has 2 aromatic rings. The maximum Gasteiger partial charge on any atom is 0.0708 e. The number of terminal acetylenes is 1. The number of rotatable bonds is 4. The molecule has 1 unspecified atom stereocenters. The van der Waals surface area contributed by atoms with Crippen molar-refractivity contribution in [1.29, 1.82) is 0 Å². The lowest BCUT2D eigenvalue weighted by Gasteiger charge is -2.12. The number of nitrogens with zero attached hydrogens (tertiary/aromatic N) is 1. The summed E-state index contributed by atoms with van der Waals surface area (Å²) in [5.74, 6) is 2.76. The summed E-state index contributed by atoms with van der Waals surface area (Å²) in [4.78, 5) is 4.54. The summed E-state index contributed by atoms with van der Waals surface area (Å²) < 4.78 is 0. The van der Waals surface area contributed by atoms with Gasteiger partial charge in [0.05, 0.1) is 11.6 Å². The number of benzene rings is 1. The number of para-hydroxylation sites is 1. The van der Waals surface area contributed by atoms with E-state index in [1.54, 1.807) is 0 Å². The van der Waals surface area contributed by atoms with Gasteiger partial charge in [0.1, 0.15) is 0 Å². The summed E-state index contributed by atoms with van der Waals surface area (Å²) in [6, 6.07) is 10.5. The fourth-order valence-electron chi connectivity index (χ4n) is 2.10. The van der Waals surface area contributed by atoms with E-state index < -0.39 is 0 Å². The molecule has 1 aromatic carbocycles. The first kappa shape index (κ1) is 12.6. The molecule has 92 valence electrons. The van der Waals surface area contributed by atoms with Crippen molar-refractivity contribution in [3.05, 3.63) is 41.6 Å². The topological polar surface area (TPSA) is 24.9 Å². The Hall–Kier alpha value is -1.85. The van der Waals surface area contributed by atoms with E-state index in [4.69, 9.17) is 6.42 Å². The zero-order valence-corrected chi connectivity index (χ0v) is 10.9. The van der Waals surface area contributed by atoms with Gasteiger partial charge in [0.2, 0.25) is 0 Å². The maximum absolute atomic E-state index is 5.47. The monoisotopic (exact) mass is 238 g/mol. The summed E-state index contributed by atoms with van der Waals surface area (Å²) >= 11 is 0. The SMILES string of the molecule is C#CC(CC)NCc1cc(C)nc2ccccc12. The molecule has 0 bridgehead atoms. The van der Waals surface area contributed by atoms with Gasteiger partial charge in [-0.1, -0.05) is 31.0 Å². The molecule has 2 nitrogen and oxygen atoms in total. The molecule has 18 heavy (non-hydrogen) atoms. The first-order valence-electron chi connectivity index (χ1n) is 6.29. The largest absolute Gasteiger partial charge is 0.300 e. The Morgan fingerprint density at radius 2 is 2.17 bits per heavy atom. The number of aromatic nitrogens is 1. The first-order valence-corrected chi connectivity index (χ1v) is 6.29. The van der Waals surface area contributed by atoms with Gasteiger partial charge in [-0.15, -0.1) is 6.42 Å². The molecule has 0 amide bonds. The van der Waals surface area contributed by atoms with Gasteiger partial charge in [-0.2, -0.15) is 0 Å². The van der Waals surface area contributed by atoms with E-state index in [0.29, 0.717) is 0 Å². The Labute approximate surface area is 108 Å². The molecule has 1 aromatic heterocycles. The van der Waals surface area contributed by atoms with Gasteiger partial charge in [0, 0.05) is 17.6 Å². The van der Waals surface area contributed by atoms with Crippen LogP contribution in [0.5, 0.6) is 0 Å². The van der Waals surface area contributed by atoms with E-state index in [0.717, 1.165) is 24.2 Å². The molecule has 0 fully saturated rings. The third-order valence-corrected chi connectivity index (χ3v) is 3.08. The highest BCUT2D eigenvalue weighted by atomic mass is 14.9. The molecule has 0 saturated carbocycles. The van der Waals surface area contributed by atoms with E-state index in [2.05, 4.69) is 35.3 Å². The Kier molecular flexibility index (Phi) is 3.96. The van der Waals surface area contributed by atoms with Crippen LogP contribution in [0.25, 0.3) is 10.9 Å². The molecular formula is C16H18N2. The number of aryl methyl sites for hydroxylation is 1. The number of hydrogen-bond acceptors (Lipinski definition) is 2. The third-order valence-electron chi connectivity index (χ3n) is 3.08. The molecule has 2 heteroatoms. The van der Waals surface area contributed by atoms with E-state index in [-0.39, 0.29) is 6.04 Å². The number of pyridine rings is 1. The van der Waals surface area contributed by atoms with Crippen molar-refractivity contribution >= 4 is 10.9 Å². The van der Waals surface area contributed by atoms with Crippen LogP contribution < -0.4 is 5.32 Å². The predicted molar refractivity (Wildman–Crippen MR) is 76.2 cm³/mol. The van der Waals surface area contributed by atoms with E-state index in [9.17, 15) is 0 Å². The zero-order chi connectivity index (χ0) is 13.0. The second kappa shape index (κ2) is 5.66. The number of hydrogen-bond donors (Lipinski definition) is 1. The van der Waals surface area contributed by atoms with Gasteiger partial charge >= 0.3 is 0 Å². The zero-order valence-electron chi connectivity index (χ0n) is 10.9. The van der Waals surface area contributed by atoms with Crippen molar-refractivity contribution < 1.29 is 0 Å². The smallest absolute Gasteiger partial charge is 0.0708 e. The van der Waals surface area contributed by atoms with Gasteiger partial charge in [0.15, 0.2) is 0 Å². The van der Waals surface area contributed by atoms with Crippen molar-refractivity contribution in [3.63, 3.8) is 0 Å². The molecule has 0 aliphatic heterocycles. The number of fused-ring (bicyclic) bond motifs is 1. The van der Waals surface area contributed by atoms with Crippen molar-refractivity contribution in [2.45, 2.75) is 32.9 Å². The van der Waals surface area contributed by atoms with Gasteiger partial charge < -0.3 is 0 Å². The maximum atomic E-state index is 5.47. The molecule has 2 rings (SSSR count). The molecule has 0 spiro atoms. The fourth-order valence-corrected chi connectivity index (χ4v) is 2.10. The van der Waals surface area contributed by atoms with Crippen molar-refractivity contribution in [1.82, 2.24) is 10.3 Å². The average molecular weight is 238 g/mol. The Bertz CT molecular complexity index is 581. The second-order valence-corrected chi connectivity index (χ2v) is 4.45. The van der Waals surface area contributed by atoms with E-state index >= 15 is 0 Å². The van der Waals surface area contributed by atoms with Crippen LogP contribution >= 0.6 is 0 Å². The molecule has 1 heterocycles.